The molecular formula is C35H48ClFN6O2. The van der Waals surface area contributed by atoms with E-state index in [1.807, 2.05) is 17.0 Å². The van der Waals surface area contributed by atoms with Crippen LogP contribution in [0, 0.1) is 22.6 Å². The molecule has 244 valence electrons. The fourth-order valence-electron chi connectivity index (χ4n) is 6.49. The number of aliphatic imine (C=N–C) groups is 1. The molecule has 1 saturated carbocycles. The maximum Gasteiger partial charge on any atom is 0.275 e. The highest BCUT2D eigenvalue weighted by atomic mass is 35.5. The van der Waals surface area contributed by atoms with Crippen molar-refractivity contribution in [1.82, 2.24) is 15.6 Å². The summed E-state index contributed by atoms with van der Waals surface area (Å²) in [6, 6.07) is 11.5. The number of rotatable bonds is 9. The second-order valence-electron chi connectivity index (χ2n) is 14.7. The largest absolute Gasteiger partial charge is 0.399 e. The van der Waals surface area contributed by atoms with Crippen LogP contribution in [0.15, 0.2) is 59.4 Å². The van der Waals surface area contributed by atoms with Gasteiger partial charge in [0.25, 0.3) is 11.8 Å². The molecule has 1 aliphatic carbocycles. The number of hydrazine groups is 1. The summed E-state index contributed by atoms with van der Waals surface area (Å²) < 4.78 is 14.1. The van der Waals surface area contributed by atoms with E-state index in [0.717, 1.165) is 37.7 Å². The number of carbonyl (C=O) groups is 2. The van der Waals surface area contributed by atoms with Crippen molar-refractivity contribution in [1.29, 1.82) is 0 Å². The molecule has 8 nitrogen and oxygen atoms in total. The first-order valence-corrected chi connectivity index (χ1v) is 16.1. The molecule has 10 heteroatoms. The van der Waals surface area contributed by atoms with Gasteiger partial charge in [-0.05, 0) is 91.2 Å². The molecule has 4 rings (SSSR count). The van der Waals surface area contributed by atoms with E-state index >= 15 is 0 Å². The highest BCUT2D eigenvalue weighted by molar-refractivity contribution is 6.47. The number of nitrogens with one attached hydrogen (secondary N) is 2. The molecule has 2 amide bonds. The van der Waals surface area contributed by atoms with Gasteiger partial charge in [0.05, 0.1) is 17.6 Å². The lowest BCUT2D eigenvalue weighted by Gasteiger charge is -2.47. The first kappa shape index (κ1) is 34.4. The van der Waals surface area contributed by atoms with E-state index in [1.54, 1.807) is 18.2 Å². The fourth-order valence-corrected chi connectivity index (χ4v) is 6.67. The van der Waals surface area contributed by atoms with Crippen LogP contribution in [0.1, 0.15) is 108 Å². The Morgan fingerprint density at radius 1 is 1.13 bits per heavy atom. The number of nitrogens with two attached hydrogens (primary N) is 2. The van der Waals surface area contributed by atoms with Crippen LogP contribution in [0.2, 0.25) is 5.02 Å². The molecule has 1 atom stereocenters. The van der Waals surface area contributed by atoms with Gasteiger partial charge < -0.3 is 21.4 Å². The second kappa shape index (κ2) is 13.5. The SMILES string of the molecule is CC(C)(C)CC[C@H](c1ccc(C(=O)NC/C(N)=C/NN)cc1)N1C(=O)C(c2ccc(F)c(Cl)c2)=NC12CCC(C(C)(C)C)CC2. The molecule has 0 saturated heterocycles. The predicted octanol–water partition coefficient (Wildman–Crippen LogP) is 6.60. The van der Waals surface area contributed by atoms with Gasteiger partial charge in [0.1, 0.15) is 17.2 Å². The minimum Gasteiger partial charge on any atom is -0.399 e. The van der Waals surface area contributed by atoms with Crippen molar-refractivity contribution in [3.63, 3.8) is 0 Å². The van der Waals surface area contributed by atoms with Crippen LogP contribution in [0.25, 0.3) is 0 Å². The standard InChI is InChI=1S/C35H48ClFN6O2/c1-33(2,3)16-15-29(22-7-9-23(10-8-22)31(44)40-20-26(38)21-41-39)43-32(45)30(24-11-12-28(37)27(36)19-24)42-35(43)17-13-25(14-18-35)34(4,5)6/h7-12,19,21,25,29,41H,13-18,20,38-39H2,1-6H3,(H,40,44)/b26-21-/t25?,29-,35?/m1/s1. The lowest BCUT2D eigenvalue weighted by atomic mass is 9.69. The van der Waals surface area contributed by atoms with Crippen LogP contribution in [0.4, 0.5) is 4.39 Å². The number of carbonyl (C=O) groups excluding carboxylic acids is 2. The van der Waals surface area contributed by atoms with Gasteiger partial charge >= 0.3 is 0 Å². The molecule has 0 aromatic heterocycles. The third-order valence-corrected chi connectivity index (χ3v) is 9.44. The van der Waals surface area contributed by atoms with Gasteiger partial charge in [-0.25, -0.2) is 4.39 Å². The van der Waals surface area contributed by atoms with Crippen molar-refractivity contribution >= 4 is 29.1 Å². The van der Waals surface area contributed by atoms with Crippen LogP contribution in [-0.4, -0.2) is 34.6 Å². The molecular weight excluding hydrogens is 591 g/mol. The Morgan fingerprint density at radius 3 is 2.33 bits per heavy atom. The molecule has 1 heterocycles. The van der Waals surface area contributed by atoms with Crippen LogP contribution in [0.5, 0.6) is 0 Å². The summed E-state index contributed by atoms with van der Waals surface area (Å²) in [5, 5.41) is 2.75. The summed E-state index contributed by atoms with van der Waals surface area (Å²) >= 11 is 6.17. The minimum atomic E-state index is -0.728. The average molecular weight is 639 g/mol. The highest BCUT2D eigenvalue weighted by Crippen LogP contribution is 2.50. The smallest absolute Gasteiger partial charge is 0.275 e. The molecule has 2 aromatic rings. The fraction of sp³-hybridized carbons (Fsp3) is 0.514. The summed E-state index contributed by atoms with van der Waals surface area (Å²) in [4.78, 5) is 34.6. The molecule has 1 aliphatic heterocycles. The van der Waals surface area contributed by atoms with Gasteiger partial charge in [-0.2, -0.15) is 0 Å². The van der Waals surface area contributed by atoms with E-state index in [-0.39, 0.29) is 40.3 Å². The second-order valence-corrected chi connectivity index (χ2v) is 15.1. The monoisotopic (exact) mass is 638 g/mol. The van der Waals surface area contributed by atoms with Gasteiger partial charge in [0, 0.05) is 23.0 Å². The number of halogens is 2. The first-order chi connectivity index (χ1) is 21.0. The predicted molar refractivity (Wildman–Crippen MR) is 179 cm³/mol. The van der Waals surface area contributed by atoms with Gasteiger partial charge in [0.2, 0.25) is 0 Å². The van der Waals surface area contributed by atoms with E-state index in [0.29, 0.717) is 34.9 Å². The number of amides is 2. The molecule has 0 unspecified atom stereocenters. The molecule has 2 aliphatic rings. The Labute approximate surface area is 271 Å². The molecule has 0 bridgehead atoms. The van der Waals surface area contributed by atoms with Gasteiger partial charge in [-0.3, -0.25) is 20.4 Å². The normalized spacial score (nSPS) is 21.6. The van der Waals surface area contributed by atoms with Crippen molar-refractivity contribution in [3.8, 4) is 0 Å². The van der Waals surface area contributed by atoms with Crippen molar-refractivity contribution in [2.75, 3.05) is 6.54 Å². The van der Waals surface area contributed by atoms with Crippen molar-refractivity contribution in [2.24, 2.45) is 33.3 Å². The number of hydrogen-bond donors (Lipinski definition) is 4. The zero-order valence-corrected chi connectivity index (χ0v) is 28.1. The topological polar surface area (TPSA) is 126 Å². The lowest BCUT2D eigenvalue weighted by Crippen LogP contribution is -2.51. The number of nitrogens with zero attached hydrogens (tertiary/aromatic N) is 2. The third-order valence-electron chi connectivity index (χ3n) is 9.15. The van der Waals surface area contributed by atoms with E-state index in [2.05, 4.69) is 52.3 Å². The van der Waals surface area contributed by atoms with Gasteiger partial charge in [0.15, 0.2) is 0 Å². The molecule has 1 fully saturated rings. The first-order valence-electron chi connectivity index (χ1n) is 15.7. The zero-order chi connectivity index (χ0) is 33.2. The molecule has 45 heavy (non-hydrogen) atoms. The highest BCUT2D eigenvalue weighted by Gasteiger charge is 2.52. The van der Waals surface area contributed by atoms with E-state index in [1.165, 1.54) is 18.3 Å². The Kier molecular flexibility index (Phi) is 10.3. The average Bonchev–Trinajstić information content (AvgIpc) is 3.24. The van der Waals surface area contributed by atoms with Crippen molar-refractivity contribution in [3.05, 3.63) is 81.9 Å². The van der Waals surface area contributed by atoms with Crippen LogP contribution in [-0.2, 0) is 4.79 Å². The third kappa shape index (κ3) is 8.05. The minimum absolute atomic E-state index is 0.0257. The van der Waals surface area contributed by atoms with Crippen LogP contribution >= 0.6 is 11.6 Å². The lowest BCUT2D eigenvalue weighted by molar-refractivity contribution is -0.134. The number of hydrogen-bond acceptors (Lipinski definition) is 6. The Balaban J connectivity index is 1.73. The van der Waals surface area contributed by atoms with Crippen LogP contribution in [0.3, 0.4) is 0 Å². The van der Waals surface area contributed by atoms with E-state index < -0.39 is 11.5 Å². The summed E-state index contributed by atoms with van der Waals surface area (Å²) in [6.07, 6.45) is 6.34. The Hall–Kier alpha value is -3.43. The van der Waals surface area contributed by atoms with Crippen molar-refractivity contribution < 1.29 is 14.0 Å². The quantitative estimate of drug-likeness (QED) is 0.182. The maximum absolute atomic E-state index is 14.5. The van der Waals surface area contributed by atoms with E-state index in [9.17, 15) is 14.0 Å². The Bertz CT molecular complexity index is 1450. The summed E-state index contributed by atoms with van der Waals surface area (Å²) in [5.41, 5.74) is 10.3. The molecule has 6 N–H and O–H groups in total. The van der Waals surface area contributed by atoms with Crippen LogP contribution < -0.4 is 22.3 Å². The zero-order valence-electron chi connectivity index (χ0n) is 27.3. The van der Waals surface area contributed by atoms with Crippen molar-refractivity contribution in [2.45, 2.75) is 91.8 Å². The van der Waals surface area contributed by atoms with Gasteiger partial charge in [-0.15, -0.1) is 0 Å². The molecule has 0 radical (unpaired) electrons. The summed E-state index contributed by atoms with van der Waals surface area (Å²) in [7, 11) is 0. The molecule has 2 aromatic carbocycles. The van der Waals surface area contributed by atoms with Gasteiger partial charge in [-0.1, -0.05) is 65.3 Å². The number of benzene rings is 2. The van der Waals surface area contributed by atoms with E-state index in [4.69, 9.17) is 28.2 Å². The Morgan fingerprint density at radius 2 is 1.78 bits per heavy atom. The maximum atomic E-state index is 14.5. The molecule has 1 spiro atoms. The summed E-state index contributed by atoms with van der Waals surface area (Å²) in [5.74, 6) is 4.79. The summed E-state index contributed by atoms with van der Waals surface area (Å²) in [6.45, 7) is 13.5.